The molecule has 0 atom stereocenters. The molecule has 0 aliphatic rings. The minimum Gasteiger partial charge on any atom is -0.494 e. The van der Waals surface area contributed by atoms with Crippen molar-refractivity contribution >= 4 is 23.0 Å². The lowest BCUT2D eigenvalue weighted by Gasteiger charge is -2.12. The SMILES string of the molecule is CCOc1ccc(OCC)c(/C(C)=N\NC(=S)NC)c1. The first-order chi connectivity index (χ1) is 9.62. The van der Waals surface area contributed by atoms with Crippen LogP contribution in [0.25, 0.3) is 0 Å². The fourth-order valence-electron chi connectivity index (χ4n) is 1.58. The van der Waals surface area contributed by atoms with Crippen molar-refractivity contribution in [1.82, 2.24) is 10.7 Å². The predicted octanol–water partition coefficient (Wildman–Crippen LogP) is 2.30. The Morgan fingerprint density at radius 2 is 1.95 bits per heavy atom. The maximum atomic E-state index is 5.61. The van der Waals surface area contributed by atoms with Gasteiger partial charge in [-0.1, -0.05) is 0 Å². The van der Waals surface area contributed by atoms with Gasteiger partial charge in [0.05, 0.1) is 18.9 Å². The van der Waals surface area contributed by atoms with Gasteiger partial charge in [-0.3, -0.25) is 5.43 Å². The van der Waals surface area contributed by atoms with Crippen molar-refractivity contribution in [1.29, 1.82) is 0 Å². The van der Waals surface area contributed by atoms with E-state index in [-0.39, 0.29) is 0 Å². The monoisotopic (exact) mass is 295 g/mol. The van der Waals surface area contributed by atoms with E-state index in [0.717, 1.165) is 22.8 Å². The third kappa shape index (κ3) is 4.70. The zero-order chi connectivity index (χ0) is 15.0. The standard InChI is InChI=1S/C14H21N3O2S/c1-5-18-11-7-8-13(19-6-2)12(9-11)10(3)16-17-14(20)15-4/h7-9H,5-6H2,1-4H3,(H2,15,17,20)/b16-10-. The number of benzene rings is 1. The first kappa shape index (κ1) is 16.2. The lowest BCUT2D eigenvalue weighted by molar-refractivity contribution is 0.330. The Bertz CT molecular complexity index is 489. The van der Waals surface area contributed by atoms with Crippen LogP contribution in [0, 0.1) is 0 Å². The number of ether oxygens (including phenoxy) is 2. The number of hydrazone groups is 1. The molecule has 0 unspecified atom stereocenters. The first-order valence-electron chi connectivity index (χ1n) is 6.54. The number of hydrogen-bond acceptors (Lipinski definition) is 4. The number of rotatable bonds is 6. The fraction of sp³-hybridized carbons (Fsp3) is 0.429. The van der Waals surface area contributed by atoms with E-state index in [4.69, 9.17) is 21.7 Å². The molecule has 1 rings (SSSR count). The van der Waals surface area contributed by atoms with Gasteiger partial charge >= 0.3 is 0 Å². The normalized spacial score (nSPS) is 10.9. The summed E-state index contributed by atoms with van der Waals surface area (Å²) in [6, 6.07) is 5.69. The molecule has 0 radical (unpaired) electrons. The van der Waals surface area contributed by atoms with Crippen LogP contribution in [-0.4, -0.2) is 31.1 Å². The molecule has 0 saturated heterocycles. The lowest BCUT2D eigenvalue weighted by atomic mass is 10.1. The van der Waals surface area contributed by atoms with Crippen LogP contribution in [-0.2, 0) is 0 Å². The zero-order valence-corrected chi connectivity index (χ0v) is 13.1. The van der Waals surface area contributed by atoms with E-state index in [1.165, 1.54) is 0 Å². The van der Waals surface area contributed by atoms with Crippen molar-refractivity contribution in [2.24, 2.45) is 5.10 Å². The van der Waals surface area contributed by atoms with E-state index >= 15 is 0 Å². The average molecular weight is 295 g/mol. The summed E-state index contributed by atoms with van der Waals surface area (Å²) in [5.41, 5.74) is 4.41. The number of thiocarbonyl (C=S) groups is 1. The van der Waals surface area contributed by atoms with Crippen LogP contribution in [0.5, 0.6) is 11.5 Å². The minimum atomic E-state index is 0.461. The van der Waals surface area contributed by atoms with Crippen molar-refractivity contribution in [2.45, 2.75) is 20.8 Å². The Morgan fingerprint density at radius 1 is 1.25 bits per heavy atom. The number of hydrogen-bond donors (Lipinski definition) is 2. The van der Waals surface area contributed by atoms with Gasteiger partial charge in [0.1, 0.15) is 11.5 Å². The van der Waals surface area contributed by atoms with Gasteiger partial charge in [0, 0.05) is 12.6 Å². The maximum Gasteiger partial charge on any atom is 0.186 e. The van der Waals surface area contributed by atoms with Crippen LogP contribution >= 0.6 is 12.2 Å². The van der Waals surface area contributed by atoms with Gasteiger partial charge in [0.15, 0.2) is 5.11 Å². The highest BCUT2D eigenvalue weighted by Crippen LogP contribution is 2.25. The lowest BCUT2D eigenvalue weighted by Crippen LogP contribution is -2.29. The molecule has 0 aromatic heterocycles. The van der Waals surface area contributed by atoms with Crippen molar-refractivity contribution in [3.05, 3.63) is 23.8 Å². The summed E-state index contributed by atoms with van der Waals surface area (Å²) < 4.78 is 11.1. The third-order valence-electron chi connectivity index (χ3n) is 2.50. The predicted molar refractivity (Wildman–Crippen MR) is 85.8 cm³/mol. The molecular weight excluding hydrogens is 274 g/mol. The molecule has 0 aliphatic carbocycles. The quantitative estimate of drug-likeness (QED) is 0.479. The van der Waals surface area contributed by atoms with Crippen LogP contribution in [0.1, 0.15) is 26.3 Å². The molecule has 0 spiro atoms. The smallest absolute Gasteiger partial charge is 0.186 e. The second-order valence-electron chi connectivity index (χ2n) is 3.91. The Morgan fingerprint density at radius 3 is 2.55 bits per heavy atom. The second kappa shape index (κ2) is 8.37. The Kier molecular flexibility index (Phi) is 6.79. The van der Waals surface area contributed by atoms with Crippen LogP contribution < -0.4 is 20.2 Å². The summed E-state index contributed by atoms with van der Waals surface area (Å²) in [7, 11) is 1.74. The molecule has 2 N–H and O–H groups in total. The minimum absolute atomic E-state index is 0.461. The topological polar surface area (TPSA) is 54.9 Å². The van der Waals surface area contributed by atoms with Gasteiger partial charge in [-0.2, -0.15) is 5.10 Å². The van der Waals surface area contributed by atoms with Gasteiger partial charge in [-0.15, -0.1) is 0 Å². The van der Waals surface area contributed by atoms with E-state index in [9.17, 15) is 0 Å². The molecule has 5 nitrogen and oxygen atoms in total. The molecule has 1 aromatic rings. The largest absolute Gasteiger partial charge is 0.494 e. The Hall–Kier alpha value is -1.82. The highest BCUT2D eigenvalue weighted by molar-refractivity contribution is 7.80. The molecule has 0 fully saturated rings. The van der Waals surface area contributed by atoms with Crippen molar-refractivity contribution in [3.63, 3.8) is 0 Å². The highest BCUT2D eigenvalue weighted by atomic mass is 32.1. The number of nitrogens with one attached hydrogen (secondary N) is 2. The molecule has 0 aliphatic heterocycles. The molecular formula is C14H21N3O2S. The van der Waals surface area contributed by atoms with Crippen molar-refractivity contribution in [2.75, 3.05) is 20.3 Å². The number of nitrogens with zero attached hydrogens (tertiary/aromatic N) is 1. The molecule has 6 heteroatoms. The van der Waals surface area contributed by atoms with Crippen molar-refractivity contribution in [3.8, 4) is 11.5 Å². The maximum absolute atomic E-state index is 5.61. The Labute approximate surface area is 125 Å². The second-order valence-corrected chi connectivity index (χ2v) is 4.32. The van der Waals surface area contributed by atoms with E-state index < -0.39 is 0 Å². The summed E-state index contributed by atoms with van der Waals surface area (Å²) in [4.78, 5) is 0. The molecule has 0 bridgehead atoms. The fourth-order valence-corrected chi connectivity index (χ4v) is 1.63. The van der Waals surface area contributed by atoms with Crippen LogP contribution in [0.4, 0.5) is 0 Å². The first-order valence-corrected chi connectivity index (χ1v) is 6.95. The van der Waals surface area contributed by atoms with Gasteiger partial charge in [0.25, 0.3) is 0 Å². The van der Waals surface area contributed by atoms with Crippen LogP contribution in [0.2, 0.25) is 0 Å². The van der Waals surface area contributed by atoms with Gasteiger partial charge < -0.3 is 14.8 Å². The molecule has 0 heterocycles. The molecule has 0 saturated carbocycles. The van der Waals surface area contributed by atoms with E-state index in [1.54, 1.807) is 7.05 Å². The van der Waals surface area contributed by atoms with Crippen LogP contribution in [0.15, 0.2) is 23.3 Å². The highest BCUT2D eigenvalue weighted by Gasteiger charge is 2.09. The Balaban J connectivity index is 3.04. The summed E-state index contributed by atoms with van der Waals surface area (Å²) in [5.74, 6) is 1.56. The molecule has 1 aromatic carbocycles. The summed E-state index contributed by atoms with van der Waals surface area (Å²) in [6.45, 7) is 6.99. The van der Waals surface area contributed by atoms with Gasteiger partial charge in [0.2, 0.25) is 0 Å². The summed E-state index contributed by atoms with van der Waals surface area (Å²) in [6.07, 6.45) is 0. The molecule has 110 valence electrons. The zero-order valence-electron chi connectivity index (χ0n) is 12.3. The van der Waals surface area contributed by atoms with E-state index in [1.807, 2.05) is 39.0 Å². The van der Waals surface area contributed by atoms with Crippen molar-refractivity contribution < 1.29 is 9.47 Å². The summed E-state index contributed by atoms with van der Waals surface area (Å²) in [5, 5.41) is 7.50. The van der Waals surface area contributed by atoms with Gasteiger partial charge in [-0.25, -0.2) is 0 Å². The molecule has 0 amide bonds. The molecule has 20 heavy (non-hydrogen) atoms. The van der Waals surface area contributed by atoms with E-state index in [0.29, 0.717) is 18.3 Å². The average Bonchev–Trinajstić information content (AvgIpc) is 2.46. The van der Waals surface area contributed by atoms with E-state index in [2.05, 4.69) is 15.8 Å². The summed E-state index contributed by atoms with van der Waals surface area (Å²) >= 11 is 4.99. The third-order valence-corrected chi connectivity index (χ3v) is 2.80. The van der Waals surface area contributed by atoms with Gasteiger partial charge in [-0.05, 0) is 51.2 Å². The van der Waals surface area contributed by atoms with Crippen LogP contribution in [0.3, 0.4) is 0 Å².